The molecule has 0 aromatic carbocycles. The molecule has 1 fully saturated rings. The van der Waals surface area contributed by atoms with Crippen molar-refractivity contribution in [1.82, 2.24) is 10.6 Å². The molecule has 1 N–H and O–H groups in total. The summed E-state index contributed by atoms with van der Waals surface area (Å²) in [6.45, 7) is 6.48. The quantitative estimate of drug-likeness (QED) is 0.563. The molecule has 1 saturated heterocycles. The fraction of sp³-hybridized carbons (Fsp3) is 1.00. The lowest BCUT2D eigenvalue weighted by Gasteiger charge is -2.29. The summed E-state index contributed by atoms with van der Waals surface area (Å²) in [4.78, 5) is 2.46. The molecule has 0 unspecified atom stereocenters. The minimum atomic E-state index is 0.636. The zero-order valence-corrected chi connectivity index (χ0v) is 6.77. The van der Waals surface area contributed by atoms with Gasteiger partial charge in [0.05, 0.1) is 0 Å². The Morgan fingerprint density at radius 2 is 2.00 bits per heavy atom. The van der Waals surface area contributed by atoms with Crippen LogP contribution in [0.3, 0.4) is 0 Å². The van der Waals surface area contributed by atoms with Gasteiger partial charge in [0.15, 0.2) is 0 Å². The molecule has 0 aromatic rings. The van der Waals surface area contributed by atoms with Gasteiger partial charge in [0.1, 0.15) is 0 Å². The number of piperidine rings is 1. The second kappa shape index (κ2) is 3.94. The first-order valence-corrected chi connectivity index (χ1v) is 4.23. The lowest BCUT2D eigenvalue weighted by atomic mass is 9.97. The van der Waals surface area contributed by atoms with E-state index < -0.39 is 0 Å². The summed E-state index contributed by atoms with van der Waals surface area (Å²) in [7, 11) is 0. The van der Waals surface area contributed by atoms with Gasteiger partial charge in [-0.25, -0.2) is 0 Å². The lowest BCUT2D eigenvalue weighted by Crippen LogP contribution is -2.34. The highest BCUT2D eigenvalue weighted by Crippen LogP contribution is 2.15. The summed E-state index contributed by atoms with van der Waals surface area (Å²) < 4.78 is 0. The molecule has 0 atom stereocenters. The third kappa shape index (κ3) is 1.96. The van der Waals surface area contributed by atoms with Crippen LogP contribution in [-0.2, 0) is 0 Å². The van der Waals surface area contributed by atoms with Gasteiger partial charge in [0.25, 0.3) is 0 Å². The maximum Gasteiger partial charge on any atom is 0.0129 e. The van der Waals surface area contributed by atoms with Gasteiger partial charge in [0.2, 0.25) is 0 Å². The topological polar surface area (TPSA) is 27.0 Å². The number of nitrogens with one attached hydrogen (secondary N) is 1. The molecule has 0 amide bonds. The Morgan fingerprint density at radius 1 is 1.40 bits per heavy atom. The highest BCUT2D eigenvalue weighted by Gasteiger charge is 2.15. The van der Waals surface area contributed by atoms with Crippen molar-refractivity contribution in [2.75, 3.05) is 26.2 Å². The molecule has 0 aromatic heterocycles. The van der Waals surface area contributed by atoms with Crippen molar-refractivity contribution in [1.29, 1.82) is 0 Å². The SMILES string of the molecule is CCN1CCC(C[NH])CC1. The van der Waals surface area contributed by atoms with Gasteiger partial charge in [-0.2, -0.15) is 0 Å². The number of rotatable bonds is 2. The van der Waals surface area contributed by atoms with Crippen molar-refractivity contribution in [2.24, 2.45) is 5.92 Å². The molecule has 0 saturated carbocycles. The van der Waals surface area contributed by atoms with E-state index in [-0.39, 0.29) is 0 Å². The molecule has 1 radical (unpaired) electrons. The number of hydrogen-bond donors (Lipinski definition) is 0. The van der Waals surface area contributed by atoms with Crippen LogP contribution in [0.1, 0.15) is 19.8 Å². The predicted octanol–water partition coefficient (Wildman–Crippen LogP) is 1.00. The molecular weight excluding hydrogens is 124 g/mol. The second-order valence-corrected chi connectivity index (χ2v) is 3.08. The molecular formula is C8H17N2. The first-order valence-electron chi connectivity index (χ1n) is 4.23. The molecule has 1 aliphatic heterocycles. The van der Waals surface area contributed by atoms with Crippen LogP contribution >= 0.6 is 0 Å². The Balaban J connectivity index is 2.17. The average Bonchev–Trinajstić information content (AvgIpc) is 2.05. The summed E-state index contributed by atoms with van der Waals surface area (Å²) in [5.74, 6) is 0.697. The third-order valence-electron chi connectivity index (χ3n) is 2.44. The fourth-order valence-electron chi connectivity index (χ4n) is 1.51. The summed E-state index contributed by atoms with van der Waals surface area (Å²) in [5, 5.41) is 0. The smallest absolute Gasteiger partial charge is 0.0129 e. The van der Waals surface area contributed by atoms with Crippen molar-refractivity contribution in [3.05, 3.63) is 0 Å². The average molecular weight is 141 g/mol. The number of likely N-dealkylation sites (tertiary alicyclic amines) is 1. The molecule has 1 rings (SSSR count). The van der Waals surface area contributed by atoms with E-state index >= 15 is 0 Å². The first-order chi connectivity index (χ1) is 4.86. The van der Waals surface area contributed by atoms with E-state index in [4.69, 9.17) is 5.73 Å². The van der Waals surface area contributed by atoms with E-state index in [1.54, 1.807) is 0 Å². The van der Waals surface area contributed by atoms with Crippen LogP contribution in [0.25, 0.3) is 0 Å². The van der Waals surface area contributed by atoms with E-state index in [2.05, 4.69) is 11.8 Å². The normalized spacial score (nSPS) is 23.4. The monoisotopic (exact) mass is 141 g/mol. The zero-order valence-electron chi connectivity index (χ0n) is 6.77. The van der Waals surface area contributed by atoms with Crippen LogP contribution in [0.5, 0.6) is 0 Å². The Hall–Kier alpha value is -0.0800. The van der Waals surface area contributed by atoms with Gasteiger partial charge in [-0.3, -0.25) is 5.73 Å². The third-order valence-corrected chi connectivity index (χ3v) is 2.44. The summed E-state index contributed by atoms with van der Waals surface area (Å²) in [6.07, 6.45) is 2.49. The minimum absolute atomic E-state index is 0.636. The maximum atomic E-state index is 7.20. The van der Waals surface area contributed by atoms with Crippen LogP contribution in [0.2, 0.25) is 0 Å². The van der Waals surface area contributed by atoms with Gasteiger partial charge in [0, 0.05) is 6.54 Å². The Labute approximate surface area is 63.4 Å². The Morgan fingerprint density at radius 3 is 2.40 bits per heavy atom. The van der Waals surface area contributed by atoms with Crippen molar-refractivity contribution in [3.63, 3.8) is 0 Å². The van der Waals surface area contributed by atoms with Gasteiger partial charge >= 0.3 is 0 Å². The van der Waals surface area contributed by atoms with Gasteiger partial charge in [-0.15, -0.1) is 0 Å². The molecule has 2 nitrogen and oxygen atoms in total. The van der Waals surface area contributed by atoms with Crippen LogP contribution in [-0.4, -0.2) is 31.1 Å². The van der Waals surface area contributed by atoms with E-state index in [0.29, 0.717) is 12.5 Å². The lowest BCUT2D eigenvalue weighted by molar-refractivity contribution is 0.195. The Bertz CT molecular complexity index is 73.3. The molecule has 0 spiro atoms. The Kier molecular flexibility index (Phi) is 3.16. The fourth-order valence-corrected chi connectivity index (χ4v) is 1.51. The summed E-state index contributed by atoms with van der Waals surface area (Å²) in [6, 6.07) is 0. The van der Waals surface area contributed by atoms with Crippen LogP contribution in [0, 0.1) is 5.92 Å². The molecule has 59 valence electrons. The van der Waals surface area contributed by atoms with Crippen molar-refractivity contribution in [3.8, 4) is 0 Å². The number of nitrogens with zero attached hydrogens (tertiary/aromatic N) is 1. The van der Waals surface area contributed by atoms with E-state index in [9.17, 15) is 0 Å². The molecule has 2 heteroatoms. The van der Waals surface area contributed by atoms with Crippen molar-refractivity contribution >= 4 is 0 Å². The highest BCUT2D eigenvalue weighted by atomic mass is 15.1. The minimum Gasteiger partial charge on any atom is -0.304 e. The van der Waals surface area contributed by atoms with E-state index in [0.717, 1.165) is 0 Å². The standard InChI is InChI=1S/C8H17N2/c1-2-10-5-3-8(7-9)4-6-10/h8-9H,2-7H2,1H3. The van der Waals surface area contributed by atoms with Crippen LogP contribution < -0.4 is 5.73 Å². The van der Waals surface area contributed by atoms with E-state index in [1.165, 1.54) is 32.5 Å². The van der Waals surface area contributed by atoms with Gasteiger partial charge in [-0.1, -0.05) is 6.92 Å². The molecule has 0 aliphatic carbocycles. The van der Waals surface area contributed by atoms with Crippen molar-refractivity contribution < 1.29 is 0 Å². The molecule has 1 aliphatic rings. The van der Waals surface area contributed by atoms with Crippen LogP contribution in [0.4, 0.5) is 0 Å². The summed E-state index contributed by atoms with van der Waals surface area (Å²) >= 11 is 0. The maximum absolute atomic E-state index is 7.20. The number of hydrogen-bond acceptors (Lipinski definition) is 1. The van der Waals surface area contributed by atoms with Gasteiger partial charge in [-0.05, 0) is 38.4 Å². The second-order valence-electron chi connectivity index (χ2n) is 3.08. The van der Waals surface area contributed by atoms with Crippen molar-refractivity contribution in [2.45, 2.75) is 19.8 Å². The molecule has 10 heavy (non-hydrogen) atoms. The zero-order chi connectivity index (χ0) is 7.40. The largest absolute Gasteiger partial charge is 0.304 e. The predicted molar refractivity (Wildman–Crippen MR) is 42.8 cm³/mol. The first kappa shape index (κ1) is 8.02. The van der Waals surface area contributed by atoms with Crippen LogP contribution in [0.15, 0.2) is 0 Å². The summed E-state index contributed by atoms with van der Waals surface area (Å²) in [5.41, 5.74) is 7.20. The highest BCUT2D eigenvalue weighted by molar-refractivity contribution is 4.71. The van der Waals surface area contributed by atoms with Gasteiger partial charge < -0.3 is 4.90 Å². The molecule has 0 bridgehead atoms. The van der Waals surface area contributed by atoms with E-state index in [1.807, 2.05) is 0 Å². The molecule has 1 heterocycles.